The molecule has 7 nitrogen and oxygen atoms in total. The van der Waals surface area contributed by atoms with Gasteiger partial charge in [-0.25, -0.2) is 4.39 Å². The highest BCUT2D eigenvalue weighted by atomic mass is 35.5. The fraction of sp³-hybridized carbons (Fsp3) is 0.523. The molecular weight excluding hydrogens is 693 g/mol. The SMILES string of the molecule is COCCCN(C[C@@H](O)COCc1ccccc1)C[C@]1(O)CC[C@H]2c3ccc(cc3C(=O)Cc3c(F)cccc3Cl)C[C@@H](O)CCC(C)=CCC[C@@]21C. The number of aliphatic hydroxyl groups is 3. The van der Waals surface area contributed by atoms with Crippen LogP contribution in [0.2, 0.25) is 5.02 Å². The normalized spacial score (nSPS) is 24.1. The van der Waals surface area contributed by atoms with Crippen LogP contribution in [0.5, 0.6) is 0 Å². The van der Waals surface area contributed by atoms with Gasteiger partial charge >= 0.3 is 0 Å². The average Bonchev–Trinajstić information content (AvgIpc) is 3.37. The molecule has 2 bridgehead atoms. The molecule has 0 heterocycles. The van der Waals surface area contributed by atoms with Gasteiger partial charge in [0.05, 0.1) is 31.0 Å². The summed E-state index contributed by atoms with van der Waals surface area (Å²) in [7, 11) is 1.67. The highest BCUT2D eigenvalue weighted by Crippen LogP contribution is 2.59. The highest BCUT2D eigenvalue weighted by molar-refractivity contribution is 6.31. The lowest BCUT2D eigenvalue weighted by Gasteiger charge is -2.46. The number of aliphatic hydroxyl groups excluding tert-OH is 2. The van der Waals surface area contributed by atoms with Crippen molar-refractivity contribution in [3.8, 4) is 0 Å². The first-order valence-corrected chi connectivity index (χ1v) is 19.5. The van der Waals surface area contributed by atoms with E-state index in [0.29, 0.717) is 70.5 Å². The van der Waals surface area contributed by atoms with Crippen molar-refractivity contribution in [1.29, 1.82) is 0 Å². The number of ether oxygens (including phenoxy) is 2. The second-order valence-corrected chi connectivity index (χ2v) is 15.9. The van der Waals surface area contributed by atoms with Crippen LogP contribution in [0.4, 0.5) is 4.39 Å². The molecule has 53 heavy (non-hydrogen) atoms. The van der Waals surface area contributed by atoms with Gasteiger partial charge < -0.3 is 24.8 Å². The van der Waals surface area contributed by atoms with Gasteiger partial charge in [-0.05, 0) is 99.1 Å². The van der Waals surface area contributed by atoms with Crippen molar-refractivity contribution in [3.63, 3.8) is 0 Å². The number of Topliss-reactive ketones (excluding diaryl/α,β-unsaturated/α-hetero) is 1. The Kier molecular flexibility index (Phi) is 14.8. The molecule has 6 rings (SSSR count). The minimum absolute atomic E-state index is 0.161. The lowest BCUT2D eigenvalue weighted by molar-refractivity contribution is -0.0913. The number of carbonyl (C=O) groups excluding carboxylic acids is 1. The summed E-state index contributed by atoms with van der Waals surface area (Å²) in [4.78, 5) is 16.4. The maximum absolute atomic E-state index is 15.0. The van der Waals surface area contributed by atoms with Crippen LogP contribution in [0.25, 0.3) is 0 Å². The summed E-state index contributed by atoms with van der Waals surface area (Å²) in [6, 6.07) is 20.1. The number of ketones is 1. The number of hydrogen-bond acceptors (Lipinski definition) is 7. The van der Waals surface area contributed by atoms with Gasteiger partial charge in [0.25, 0.3) is 0 Å². The molecule has 0 aliphatic heterocycles. The summed E-state index contributed by atoms with van der Waals surface area (Å²) in [5, 5.41) is 35.2. The van der Waals surface area contributed by atoms with Gasteiger partial charge in [0.2, 0.25) is 0 Å². The smallest absolute Gasteiger partial charge is 0.167 e. The molecule has 0 amide bonds. The molecule has 1 saturated carbocycles. The Morgan fingerprint density at radius 3 is 2.64 bits per heavy atom. The van der Waals surface area contributed by atoms with E-state index in [4.69, 9.17) is 21.1 Å². The molecule has 288 valence electrons. The number of benzene rings is 3. The van der Waals surface area contributed by atoms with E-state index in [9.17, 15) is 24.5 Å². The lowest BCUT2D eigenvalue weighted by atomic mass is 9.64. The number of allylic oxidation sites excluding steroid dienone is 2. The fourth-order valence-electron chi connectivity index (χ4n) is 8.47. The number of nitrogens with zero attached hydrogens (tertiary/aromatic N) is 1. The molecule has 9 heteroatoms. The van der Waals surface area contributed by atoms with Crippen LogP contribution < -0.4 is 0 Å². The first-order chi connectivity index (χ1) is 25.4. The van der Waals surface area contributed by atoms with Gasteiger partial charge in [0, 0.05) is 61.3 Å². The van der Waals surface area contributed by atoms with Crippen molar-refractivity contribution in [2.75, 3.05) is 40.0 Å². The Balaban J connectivity index is 1.46. The molecule has 3 aliphatic rings. The Morgan fingerprint density at radius 1 is 1.09 bits per heavy atom. The van der Waals surface area contributed by atoms with E-state index < -0.39 is 29.0 Å². The molecule has 3 N–H and O–H groups in total. The largest absolute Gasteiger partial charge is 0.393 e. The summed E-state index contributed by atoms with van der Waals surface area (Å²) in [6.45, 7) is 6.64. The Labute approximate surface area is 319 Å². The zero-order valence-corrected chi connectivity index (χ0v) is 32.3. The first kappa shape index (κ1) is 41.2. The van der Waals surface area contributed by atoms with Gasteiger partial charge in [-0.3, -0.25) is 9.69 Å². The summed E-state index contributed by atoms with van der Waals surface area (Å²) in [5.41, 5.74) is 2.74. The van der Waals surface area contributed by atoms with Crippen molar-refractivity contribution >= 4 is 17.4 Å². The quantitative estimate of drug-likeness (QED) is 0.0827. The van der Waals surface area contributed by atoms with Crippen LogP contribution in [0, 0.1) is 11.2 Å². The molecule has 0 aromatic heterocycles. The highest BCUT2D eigenvalue weighted by Gasteiger charge is 2.57. The molecule has 1 fully saturated rings. The van der Waals surface area contributed by atoms with Crippen LogP contribution in [0.3, 0.4) is 0 Å². The summed E-state index contributed by atoms with van der Waals surface area (Å²) in [6.07, 6.45) is 5.70. The predicted octanol–water partition coefficient (Wildman–Crippen LogP) is 7.86. The maximum Gasteiger partial charge on any atom is 0.167 e. The van der Waals surface area contributed by atoms with E-state index >= 15 is 0 Å². The third kappa shape index (κ3) is 10.6. The van der Waals surface area contributed by atoms with Crippen LogP contribution in [0.15, 0.2) is 78.4 Å². The van der Waals surface area contributed by atoms with Gasteiger partial charge in [0.15, 0.2) is 5.78 Å². The third-order valence-corrected chi connectivity index (χ3v) is 11.9. The topological polar surface area (TPSA) is 99.5 Å². The molecule has 0 unspecified atom stereocenters. The van der Waals surface area contributed by atoms with Crippen LogP contribution >= 0.6 is 11.6 Å². The number of methoxy groups -OCH3 is 1. The summed E-state index contributed by atoms with van der Waals surface area (Å²) >= 11 is 6.39. The van der Waals surface area contributed by atoms with Crippen LogP contribution in [-0.2, 0) is 28.9 Å². The van der Waals surface area contributed by atoms with E-state index in [0.717, 1.165) is 36.0 Å². The number of halogens is 2. The van der Waals surface area contributed by atoms with Crippen molar-refractivity contribution in [2.45, 2.75) is 102 Å². The minimum atomic E-state index is -1.15. The average molecular weight is 750 g/mol. The molecule has 5 atom stereocenters. The van der Waals surface area contributed by atoms with E-state index in [-0.39, 0.29) is 35.3 Å². The number of rotatable bonds is 15. The molecule has 3 aromatic carbocycles. The second kappa shape index (κ2) is 19.1. The van der Waals surface area contributed by atoms with Crippen molar-refractivity contribution in [1.82, 2.24) is 4.90 Å². The third-order valence-electron chi connectivity index (χ3n) is 11.6. The fourth-order valence-corrected chi connectivity index (χ4v) is 8.70. The Morgan fingerprint density at radius 2 is 1.89 bits per heavy atom. The van der Waals surface area contributed by atoms with Gasteiger partial charge in [-0.2, -0.15) is 0 Å². The van der Waals surface area contributed by atoms with Gasteiger partial charge in [-0.15, -0.1) is 0 Å². The molecule has 0 saturated heterocycles. The van der Waals surface area contributed by atoms with Crippen LogP contribution in [0.1, 0.15) is 97.3 Å². The molecular formula is C44H57ClFNO6. The van der Waals surface area contributed by atoms with Gasteiger partial charge in [-0.1, -0.05) is 78.7 Å². The van der Waals surface area contributed by atoms with E-state index in [2.05, 4.69) is 24.8 Å². The first-order valence-electron chi connectivity index (χ1n) is 19.1. The molecule has 3 aromatic rings. The number of hydrogen-bond donors (Lipinski definition) is 3. The van der Waals surface area contributed by atoms with Crippen molar-refractivity contribution in [2.24, 2.45) is 5.41 Å². The monoisotopic (exact) mass is 749 g/mol. The predicted molar refractivity (Wildman–Crippen MR) is 208 cm³/mol. The Bertz CT molecular complexity index is 1670. The summed E-state index contributed by atoms with van der Waals surface area (Å²) in [5.74, 6) is -0.952. The van der Waals surface area contributed by atoms with Crippen molar-refractivity contribution < 1.29 is 34.0 Å². The molecule has 0 radical (unpaired) electrons. The zero-order chi connectivity index (χ0) is 38.0. The Hall–Kier alpha value is -2.95. The number of fused-ring (bicyclic) bond motifs is 8. The zero-order valence-electron chi connectivity index (χ0n) is 31.5. The second-order valence-electron chi connectivity index (χ2n) is 15.5. The van der Waals surface area contributed by atoms with Gasteiger partial charge in [0.1, 0.15) is 5.82 Å². The number of carbonyl (C=O) groups is 1. The lowest BCUT2D eigenvalue weighted by Crippen LogP contribution is -2.54. The van der Waals surface area contributed by atoms with Crippen LogP contribution in [-0.4, -0.2) is 83.8 Å². The van der Waals surface area contributed by atoms with E-state index in [1.165, 1.54) is 17.7 Å². The molecule has 3 aliphatic carbocycles. The molecule has 0 spiro atoms. The standard InChI is InChI=1S/C44H57ClFNO6/c1-31-10-8-20-43(2)39(19-21-44(43,51)30-47(22-9-23-52-3)27-35(49)29-53-28-32-11-5-4-6-12-32)36-18-16-33(24-34(48)17-15-31)25-37(36)42(50)26-38-40(45)13-7-14-41(38)46/h4-7,10-14,16,18,25,34-35,39,48-49,51H,8-9,15,17,19-24,26-30H2,1-3H3/t34-,35+,39-,43-,44+/m0/s1. The minimum Gasteiger partial charge on any atom is -0.393 e. The van der Waals surface area contributed by atoms with E-state index in [1.807, 2.05) is 48.5 Å². The maximum atomic E-state index is 15.0. The van der Waals surface area contributed by atoms with Crippen molar-refractivity contribution in [3.05, 3.63) is 117 Å². The van der Waals surface area contributed by atoms with E-state index in [1.54, 1.807) is 13.2 Å². The summed E-state index contributed by atoms with van der Waals surface area (Å²) < 4.78 is 26.2.